The third-order valence-corrected chi connectivity index (χ3v) is 2.97. The van der Waals surface area contributed by atoms with Gasteiger partial charge in [-0.05, 0) is 19.8 Å². The molecule has 0 N–H and O–H groups in total. The fourth-order valence-corrected chi connectivity index (χ4v) is 1.48. The molecule has 0 rings (SSSR count). The van der Waals surface area contributed by atoms with Crippen LogP contribution in [0.3, 0.4) is 0 Å². The molecular formula is C12H29NO4S. The summed E-state index contributed by atoms with van der Waals surface area (Å²) in [6, 6.07) is 0. The van der Waals surface area contributed by atoms with Gasteiger partial charge >= 0.3 is 1.43 Å². The van der Waals surface area contributed by atoms with Crippen molar-refractivity contribution in [2.45, 2.75) is 52.4 Å². The van der Waals surface area contributed by atoms with E-state index in [1.54, 1.807) is 0 Å². The first kappa shape index (κ1) is 20.2. The summed E-state index contributed by atoms with van der Waals surface area (Å²) in [4.78, 5) is 0. The highest BCUT2D eigenvalue weighted by Crippen LogP contribution is 2.07. The Kier molecular flexibility index (Phi) is 12.0. The summed E-state index contributed by atoms with van der Waals surface area (Å²) in [6.07, 6.45) is 8.50. The monoisotopic (exact) mass is 283 g/mol. The highest BCUT2D eigenvalue weighted by Gasteiger charge is 2.09. The number of rotatable bonds is 8. The zero-order valence-electron chi connectivity index (χ0n) is 13.1. The molecule has 0 radical (unpaired) electrons. The molecule has 0 saturated heterocycles. The molecule has 0 aromatic heterocycles. The van der Waals surface area contributed by atoms with Crippen LogP contribution >= 0.6 is 0 Å². The Bertz CT molecular complexity index is 273. The average Bonchev–Trinajstić information content (AvgIpc) is 2.21. The van der Waals surface area contributed by atoms with Crippen LogP contribution in [0, 0.1) is 0 Å². The molecule has 0 heterocycles. The number of hydrogen-bond donors (Lipinski definition) is 0. The van der Waals surface area contributed by atoms with Gasteiger partial charge in [0, 0.05) is 10.4 Å². The maximum atomic E-state index is 8.52. The van der Waals surface area contributed by atoms with E-state index in [0.29, 0.717) is 0 Å². The van der Waals surface area contributed by atoms with Gasteiger partial charge in [0.05, 0.1) is 27.2 Å². The van der Waals surface area contributed by atoms with Crippen LogP contribution in [0.1, 0.15) is 53.8 Å². The summed E-state index contributed by atoms with van der Waals surface area (Å²) in [5.74, 6) is 0. The number of unbranched alkanes of at least 4 members (excludes halogenated alkanes) is 5. The lowest BCUT2D eigenvalue weighted by Gasteiger charge is -2.28. The van der Waals surface area contributed by atoms with Gasteiger partial charge in [0.15, 0.2) is 0 Å². The first-order chi connectivity index (χ1) is 8.12. The third kappa shape index (κ3) is 24.9. The summed E-state index contributed by atoms with van der Waals surface area (Å²) in [7, 11) is -0.516. The van der Waals surface area contributed by atoms with Crippen LogP contribution in [0.25, 0.3) is 0 Å². The molecular weight excluding hydrogens is 254 g/mol. The molecule has 112 valence electrons. The number of quaternary nitrogens is 1. The van der Waals surface area contributed by atoms with Crippen molar-refractivity contribution in [1.82, 2.24) is 0 Å². The Morgan fingerprint density at radius 1 is 0.944 bits per heavy atom. The minimum Gasteiger partial charge on any atom is -0.759 e. The lowest BCUT2D eigenvalue weighted by atomic mass is 10.1. The second-order valence-corrected chi connectivity index (χ2v) is 5.97. The first-order valence-corrected chi connectivity index (χ1v) is 7.94. The van der Waals surface area contributed by atoms with Crippen LogP contribution in [-0.4, -0.2) is 49.2 Å². The molecule has 6 heteroatoms. The van der Waals surface area contributed by atoms with Gasteiger partial charge in [-0.2, -0.15) is 0 Å². The van der Waals surface area contributed by atoms with Crippen molar-refractivity contribution in [3.8, 4) is 0 Å². The zero-order valence-corrected chi connectivity index (χ0v) is 13.0. The molecule has 0 aromatic rings. The van der Waals surface area contributed by atoms with Gasteiger partial charge in [0.25, 0.3) is 0 Å². The quantitative estimate of drug-likeness (QED) is 0.296. The molecule has 5 nitrogen and oxygen atoms in total. The highest BCUT2D eigenvalue weighted by atomic mass is 32.3. The van der Waals surface area contributed by atoms with Crippen LogP contribution in [0.2, 0.25) is 0 Å². The predicted octanol–water partition coefficient (Wildman–Crippen LogP) is 2.22. The minimum absolute atomic E-state index is 0. The molecule has 0 aromatic carbocycles. The van der Waals surface area contributed by atoms with Crippen LogP contribution < -0.4 is 0 Å². The van der Waals surface area contributed by atoms with E-state index in [4.69, 9.17) is 17.5 Å². The topological polar surface area (TPSA) is 80.3 Å². The largest absolute Gasteiger partial charge is 1.00 e. The van der Waals surface area contributed by atoms with Crippen molar-refractivity contribution in [3.05, 3.63) is 0 Å². The van der Waals surface area contributed by atoms with Crippen molar-refractivity contribution in [3.63, 3.8) is 0 Å². The summed E-state index contributed by atoms with van der Waals surface area (Å²) in [6.45, 7) is 7.16. The van der Waals surface area contributed by atoms with E-state index in [1.165, 1.54) is 56.1 Å². The Balaban J connectivity index is -0.000000366. The fourth-order valence-electron chi connectivity index (χ4n) is 1.48. The van der Waals surface area contributed by atoms with E-state index in [2.05, 4.69) is 27.9 Å². The number of hydrogen-bond acceptors (Lipinski definition) is 4. The predicted molar refractivity (Wildman–Crippen MR) is 72.5 cm³/mol. The molecule has 0 fully saturated rings. The minimum atomic E-state index is -5.17. The Labute approximate surface area is 114 Å². The Hall–Kier alpha value is -0.170. The van der Waals surface area contributed by atoms with Crippen molar-refractivity contribution >= 4 is 10.4 Å². The molecule has 18 heavy (non-hydrogen) atoms. The van der Waals surface area contributed by atoms with Crippen molar-refractivity contribution in [2.24, 2.45) is 0 Å². The maximum Gasteiger partial charge on any atom is 1.00 e. The molecule has 0 spiro atoms. The van der Waals surface area contributed by atoms with Crippen LogP contribution in [0.5, 0.6) is 0 Å². The van der Waals surface area contributed by atoms with Gasteiger partial charge in [-0.3, -0.25) is 8.42 Å². The SMILES string of the molecule is CCCCCCCC[N+](C)(C)CC.O=S(=O)([O-])[O-].[H+]. The second-order valence-electron chi connectivity index (χ2n) is 5.15. The molecule has 0 amide bonds. The molecule has 0 aliphatic carbocycles. The van der Waals surface area contributed by atoms with Gasteiger partial charge in [0.2, 0.25) is 0 Å². The molecule has 0 atom stereocenters. The van der Waals surface area contributed by atoms with Crippen molar-refractivity contribution in [2.75, 3.05) is 27.2 Å². The standard InChI is InChI=1S/C12H28N.H2O4S/c1-5-7-8-9-10-11-12-13(3,4)6-2;1-5(2,3)4/h5-12H2,1-4H3;(H2,1,2,3,4)/q+1;/p-1. The molecule has 0 aliphatic heterocycles. The van der Waals surface area contributed by atoms with E-state index < -0.39 is 10.4 Å². The smallest absolute Gasteiger partial charge is 0.759 e. The van der Waals surface area contributed by atoms with E-state index in [9.17, 15) is 0 Å². The second kappa shape index (κ2) is 10.7. The molecule has 0 saturated carbocycles. The van der Waals surface area contributed by atoms with Gasteiger partial charge in [-0.25, -0.2) is 0 Å². The summed E-state index contributed by atoms with van der Waals surface area (Å²) in [5.41, 5.74) is 0. The van der Waals surface area contributed by atoms with Crippen LogP contribution in [-0.2, 0) is 10.4 Å². The lowest BCUT2D eigenvalue weighted by molar-refractivity contribution is -0.888. The van der Waals surface area contributed by atoms with Crippen molar-refractivity contribution in [1.29, 1.82) is 0 Å². The van der Waals surface area contributed by atoms with Crippen LogP contribution in [0.15, 0.2) is 0 Å². The molecule has 0 aliphatic rings. The Morgan fingerprint density at radius 3 is 1.72 bits per heavy atom. The van der Waals surface area contributed by atoms with Crippen molar-refractivity contribution < 1.29 is 23.4 Å². The van der Waals surface area contributed by atoms with Gasteiger partial charge < -0.3 is 13.6 Å². The summed E-state index contributed by atoms with van der Waals surface area (Å²) < 4.78 is 35.3. The van der Waals surface area contributed by atoms with E-state index in [-0.39, 0.29) is 1.43 Å². The maximum absolute atomic E-state index is 8.52. The average molecular weight is 283 g/mol. The fraction of sp³-hybridized carbons (Fsp3) is 1.00. The van der Waals surface area contributed by atoms with Gasteiger partial charge in [-0.1, -0.05) is 32.6 Å². The molecule has 0 unspecified atom stereocenters. The third-order valence-electron chi connectivity index (χ3n) is 2.97. The summed E-state index contributed by atoms with van der Waals surface area (Å²) >= 11 is 0. The summed E-state index contributed by atoms with van der Waals surface area (Å²) in [5, 5.41) is 0. The molecule has 0 bridgehead atoms. The zero-order chi connectivity index (χ0) is 14.7. The van der Waals surface area contributed by atoms with E-state index in [1.807, 2.05) is 0 Å². The van der Waals surface area contributed by atoms with E-state index in [0.717, 1.165) is 0 Å². The van der Waals surface area contributed by atoms with Crippen LogP contribution in [0.4, 0.5) is 0 Å². The first-order valence-electron chi connectivity index (χ1n) is 6.61. The van der Waals surface area contributed by atoms with E-state index >= 15 is 0 Å². The Morgan fingerprint density at radius 2 is 1.33 bits per heavy atom. The number of nitrogens with zero attached hydrogens (tertiary/aromatic N) is 1. The lowest BCUT2D eigenvalue weighted by Crippen LogP contribution is -2.39. The van der Waals surface area contributed by atoms with Gasteiger partial charge in [-0.15, -0.1) is 0 Å². The normalized spacial score (nSPS) is 11.9. The van der Waals surface area contributed by atoms with Gasteiger partial charge in [0.1, 0.15) is 0 Å². The highest BCUT2D eigenvalue weighted by molar-refractivity contribution is 7.79.